The molecule has 30 heavy (non-hydrogen) atoms. The highest BCUT2D eigenvalue weighted by Crippen LogP contribution is 2.14. The molecule has 0 fully saturated rings. The van der Waals surface area contributed by atoms with Crippen LogP contribution in [0.1, 0.15) is 36.2 Å². The summed E-state index contributed by atoms with van der Waals surface area (Å²) in [6.45, 7) is 3.87. The monoisotopic (exact) mass is 411 g/mol. The van der Waals surface area contributed by atoms with Crippen LogP contribution in [-0.2, 0) is 20.7 Å². The molecule has 160 valence electrons. The van der Waals surface area contributed by atoms with Gasteiger partial charge in [0, 0.05) is 12.0 Å². The molecular weight excluding hydrogens is 382 g/mol. The molecule has 2 aromatic rings. The number of hydrogen-bond donors (Lipinski definition) is 2. The van der Waals surface area contributed by atoms with E-state index in [2.05, 4.69) is 5.32 Å². The van der Waals surface area contributed by atoms with E-state index in [1.165, 1.54) is 7.11 Å². The summed E-state index contributed by atoms with van der Waals surface area (Å²) in [5.41, 5.74) is 1.26. The lowest BCUT2D eigenvalue weighted by Gasteiger charge is -2.29. The largest absolute Gasteiger partial charge is 0.467 e. The number of nitrogens with one attached hydrogen (secondary N) is 1. The van der Waals surface area contributed by atoms with E-state index in [1.54, 1.807) is 30.3 Å². The standard InChI is InChI=1S/C23H29N3O4/c1-16(2)14-20(26(24)22(28)18-12-8-5-9-13-18)21(27)25-19(23(29)30-3)15-17-10-6-4-7-11-17/h4-13,16,19-20H,14-15,24H2,1-3H3,(H,25,27)/t19-,20+/m1/s1. The number of methoxy groups -OCH3 is 1. The zero-order valence-corrected chi connectivity index (χ0v) is 17.6. The molecule has 2 amide bonds. The van der Waals surface area contributed by atoms with Gasteiger partial charge in [-0.15, -0.1) is 0 Å². The van der Waals surface area contributed by atoms with Crippen LogP contribution in [0.25, 0.3) is 0 Å². The maximum absolute atomic E-state index is 13.1. The van der Waals surface area contributed by atoms with Crippen LogP contribution in [0.4, 0.5) is 0 Å². The molecule has 0 aliphatic heterocycles. The smallest absolute Gasteiger partial charge is 0.328 e. The van der Waals surface area contributed by atoms with Gasteiger partial charge < -0.3 is 10.1 Å². The van der Waals surface area contributed by atoms with Crippen LogP contribution in [0.3, 0.4) is 0 Å². The third-order valence-corrected chi connectivity index (χ3v) is 4.67. The maximum atomic E-state index is 13.1. The van der Waals surface area contributed by atoms with Crippen molar-refractivity contribution in [3.05, 3.63) is 71.8 Å². The summed E-state index contributed by atoms with van der Waals surface area (Å²) in [5, 5.41) is 3.67. The summed E-state index contributed by atoms with van der Waals surface area (Å²) in [6.07, 6.45) is 0.616. The summed E-state index contributed by atoms with van der Waals surface area (Å²) in [6, 6.07) is 16.0. The molecular formula is C23H29N3O4. The fourth-order valence-corrected chi connectivity index (χ4v) is 3.12. The van der Waals surface area contributed by atoms with E-state index in [1.807, 2.05) is 44.2 Å². The molecule has 0 aliphatic carbocycles. The van der Waals surface area contributed by atoms with E-state index in [9.17, 15) is 14.4 Å². The third kappa shape index (κ3) is 6.42. The van der Waals surface area contributed by atoms with Crippen molar-refractivity contribution in [1.82, 2.24) is 10.3 Å². The minimum atomic E-state index is -0.930. The number of carbonyl (C=O) groups is 3. The zero-order chi connectivity index (χ0) is 22.1. The average molecular weight is 412 g/mol. The normalized spacial score (nSPS) is 12.7. The van der Waals surface area contributed by atoms with Crippen LogP contribution in [0.5, 0.6) is 0 Å². The maximum Gasteiger partial charge on any atom is 0.328 e. The van der Waals surface area contributed by atoms with Gasteiger partial charge >= 0.3 is 5.97 Å². The van der Waals surface area contributed by atoms with Crippen molar-refractivity contribution in [2.24, 2.45) is 11.8 Å². The van der Waals surface area contributed by atoms with Crippen molar-refractivity contribution in [1.29, 1.82) is 0 Å². The van der Waals surface area contributed by atoms with Crippen LogP contribution < -0.4 is 11.2 Å². The first-order chi connectivity index (χ1) is 14.3. The van der Waals surface area contributed by atoms with Crippen molar-refractivity contribution < 1.29 is 19.1 Å². The van der Waals surface area contributed by atoms with Crippen LogP contribution in [0, 0.1) is 5.92 Å². The van der Waals surface area contributed by atoms with Crippen LogP contribution in [-0.4, -0.2) is 42.0 Å². The highest BCUT2D eigenvalue weighted by Gasteiger charge is 2.32. The van der Waals surface area contributed by atoms with E-state index >= 15 is 0 Å². The lowest BCUT2D eigenvalue weighted by atomic mass is 10.0. The Balaban J connectivity index is 2.21. The molecule has 2 aromatic carbocycles. The van der Waals surface area contributed by atoms with Gasteiger partial charge in [-0.05, 0) is 30.0 Å². The van der Waals surface area contributed by atoms with E-state index in [0.29, 0.717) is 12.0 Å². The molecule has 0 saturated heterocycles. The first kappa shape index (κ1) is 23.1. The van der Waals surface area contributed by atoms with Crippen LogP contribution in [0.15, 0.2) is 60.7 Å². The van der Waals surface area contributed by atoms with Crippen molar-refractivity contribution in [3.63, 3.8) is 0 Å². The van der Waals surface area contributed by atoms with Gasteiger partial charge in [0.2, 0.25) is 5.91 Å². The number of carbonyl (C=O) groups excluding carboxylic acids is 3. The van der Waals surface area contributed by atoms with Crippen molar-refractivity contribution in [2.75, 3.05) is 7.11 Å². The van der Waals surface area contributed by atoms with Gasteiger partial charge in [-0.25, -0.2) is 10.6 Å². The molecule has 0 bridgehead atoms. The third-order valence-electron chi connectivity index (χ3n) is 4.67. The number of benzene rings is 2. The second kappa shape index (κ2) is 11.1. The first-order valence-corrected chi connectivity index (χ1v) is 9.89. The SMILES string of the molecule is COC(=O)[C@@H](Cc1ccccc1)NC(=O)[C@H](CC(C)C)N(N)C(=O)c1ccccc1. The summed E-state index contributed by atoms with van der Waals surface area (Å²) in [4.78, 5) is 38.1. The van der Waals surface area contributed by atoms with E-state index in [-0.39, 0.29) is 12.3 Å². The van der Waals surface area contributed by atoms with E-state index in [4.69, 9.17) is 10.6 Å². The Hall–Kier alpha value is -3.19. The number of nitrogens with zero attached hydrogens (tertiary/aromatic N) is 1. The zero-order valence-electron chi connectivity index (χ0n) is 17.6. The summed E-state index contributed by atoms with van der Waals surface area (Å²) in [5.74, 6) is 4.66. The molecule has 0 aromatic heterocycles. The number of rotatable bonds is 9. The topological polar surface area (TPSA) is 102 Å². The van der Waals surface area contributed by atoms with E-state index in [0.717, 1.165) is 10.6 Å². The van der Waals surface area contributed by atoms with Gasteiger partial charge in [0.15, 0.2) is 0 Å². The summed E-state index contributed by atoms with van der Waals surface area (Å²) in [7, 11) is 1.27. The molecule has 7 heteroatoms. The number of esters is 1. The number of amides is 2. The van der Waals surface area contributed by atoms with Crippen molar-refractivity contribution in [2.45, 2.75) is 38.8 Å². The molecule has 0 heterocycles. The minimum absolute atomic E-state index is 0.0982. The average Bonchev–Trinajstić information content (AvgIpc) is 2.76. The van der Waals surface area contributed by atoms with Gasteiger partial charge in [0.1, 0.15) is 12.1 Å². The Labute approximate surface area is 177 Å². The highest BCUT2D eigenvalue weighted by molar-refractivity contribution is 5.97. The Bertz CT molecular complexity index is 840. The Morgan fingerprint density at radius 2 is 1.57 bits per heavy atom. The fourth-order valence-electron chi connectivity index (χ4n) is 3.12. The quantitative estimate of drug-likeness (QED) is 0.285. The number of nitrogens with two attached hydrogens (primary N) is 1. The van der Waals surface area contributed by atoms with Gasteiger partial charge in [-0.2, -0.15) is 0 Å². The van der Waals surface area contributed by atoms with E-state index < -0.39 is 29.9 Å². The van der Waals surface area contributed by atoms with Gasteiger partial charge in [-0.3, -0.25) is 14.6 Å². The molecule has 0 aliphatic rings. The summed E-state index contributed by atoms with van der Waals surface area (Å²) < 4.78 is 4.86. The number of ether oxygens (including phenoxy) is 1. The van der Waals surface area contributed by atoms with Crippen molar-refractivity contribution >= 4 is 17.8 Å². The number of hydrogen-bond acceptors (Lipinski definition) is 5. The Morgan fingerprint density at radius 3 is 2.10 bits per heavy atom. The molecule has 2 atom stereocenters. The van der Waals surface area contributed by atoms with Gasteiger partial charge in [-0.1, -0.05) is 62.4 Å². The molecule has 0 unspecified atom stereocenters. The fraction of sp³-hybridized carbons (Fsp3) is 0.348. The Morgan fingerprint density at radius 1 is 1.00 bits per heavy atom. The first-order valence-electron chi connectivity index (χ1n) is 9.89. The van der Waals surface area contributed by atoms with Gasteiger partial charge in [0.25, 0.3) is 5.91 Å². The lowest BCUT2D eigenvalue weighted by molar-refractivity contribution is -0.145. The molecule has 3 N–H and O–H groups in total. The molecule has 2 rings (SSSR count). The highest BCUT2D eigenvalue weighted by atomic mass is 16.5. The minimum Gasteiger partial charge on any atom is -0.467 e. The van der Waals surface area contributed by atoms with Crippen LogP contribution >= 0.6 is 0 Å². The summed E-state index contributed by atoms with van der Waals surface area (Å²) >= 11 is 0. The van der Waals surface area contributed by atoms with Gasteiger partial charge in [0.05, 0.1) is 7.11 Å². The molecule has 0 radical (unpaired) electrons. The lowest BCUT2D eigenvalue weighted by Crippen LogP contribution is -2.56. The predicted molar refractivity (Wildman–Crippen MR) is 114 cm³/mol. The van der Waals surface area contributed by atoms with Crippen LogP contribution in [0.2, 0.25) is 0 Å². The Kier molecular flexibility index (Phi) is 8.55. The molecule has 0 saturated carbocycles. The molecule has 0 spiro atoms. The predicted octanol–water partition coefficient (Wildman–Crippen LogP) is 2.32. The number of hydrazine groups is 1. The van der Waals surface area contributed by atoms with Crippen molar-refractivity contribution in [3.8, 4) is 0 Å². The second-order valence-corrected chi connectivity index (χ2v) is 7.50. The second-order valence-electron chi connectivity index (χ2n) is 7.50. The molecule has 7 nitrogen and oxygen atoms in total.